The van der Waals surface area contributed by atoms with Crippen LogP contribution in [0.5, 0.6) is 0 Å². The molecule has 0 atom stereocenters. The number of nitriles is 1. The van der Waals surface area contributed by atoms with E-state index in [0.717, 1.165) is 19.3 Å². The summed E-state index contributed by atoms with van der Waals surface area (Å²) >= 11 is 0. The molecular formula is C20H21N5O. The van der Waals surface area contributed by atoms with Crippen LogP contribution in [0.3, 0.4) is 0 Å². The number of hydrogen-bond donors (Lipinski definition) is 1. The van der Waals surface area contributed by atoms with Crippen molar-refractivity contribution in [3.05, 3.63) is 66.1 Å². The third-order valence-corrected chi connectivity index (χ3v) is 4.53. The van der Waals surface area contributed by atoms with Crippen molar-refractivity contribution in [3.8, 4) is 6.07 Å². The van der Waals surface area contributed by atoms with E-state index in [1.54, 1.807) is 23.4 Å². The summed E-state index contributed by atoms with van der Waals surface area (Å²) < 4.78 is 0. The molecule has 1 fully saturated rings. The number of nitrogens with zero attached hydrogens (tertiary/aromatic N) is 4. The minimum Gasteiger partial charge on any atom is -0.338 e. The molecule has 0 aliphatic carbocycles. The third kappa shape index (κ3) is 4.67. The number of rotatable bonds is 5. The van der Waals surface area contributed by atoms with Gasteiger partial charge in [0.25, 0.3) is 5.91 Å². The van der Waals surface area contributed by atoms with Crippen molar-refractivity contribution in [2.75, 3.05) is 18.4 Å². The Labute approximate surface area is 153 Å². The van der Waals surface area contributed by atoms with Gasteiger partial charge in [-0.25, -0.2) is 9.97 Å². The first kappa shape index (κ1) is 17.6. The number of nitrogens with one attached hydrogen (secondary N) is 1. The van der Waals surface area contributed by atoms with Gasteiger partial charge in [0.1, 0.15) is 11.6 Å². The van der Waals surface area contributed by atoms with Gasteiger partial charge in [-0.3, -0.25) is 4.79 Å². The molecule has 6 heteroatoms. The molecule has 1 aliphatic heterocycles. The molecule has 1 saturated heterocycles. The molecule has 0 saturated carbocycles. The van der Waals surface area contributed by atoms with Gasteiger partial charge in [0.05, 0.1) is 0 Å². The molecule has 1 aliphatic rings. The molecule has 1 N–H and O–H groups in total. The van der Waals surface area contributed by atoms with Crippen molar-refractivity contribution in [2.24, 2.45) is 5.92 Å². The van der Waals surface area contributed by atoms with E-state index in [2.05, 4.69) is 39.6 Å². The normalized spacial score (nSPS) is 15.3. The van der Waals surface area contributed by atoms with E-state index in [4.69, 9.17) is 0 Å². The fourth-order valence-electron chi connectivity index (χ4n) is 3.11. The Kier molecular flexibility index (Phi) is 5.94. The molecule has 1 amide bonds. The van der Waals surface area contributed by atoms with Crippen LogP contribution in [0.4, 0.5) is 5.95 Å². The molecular weight excluding hydrogens is 326 g/mol. The van der Waals surface area contributed by atoms with Crippen molar-refractivity contribution in [3.63, 3.8) is 0 Å². The lowest BCUT2D eigenvalue weighted by molar-refractivity contribution is -0.128. The van der Waals surface area contributed by atoms with Gasteiger partial charge in [-0.1, -0.05) is 30.3 Å². The molecule has 132 valence electrons. The quantitative estimate of drug-likeness (QED) is 0.664. The van der Waals surface area contributed by atoms with Gasteiger partial charge >= 0.3 is 0 Å². The molecule has 3 rings (SSSR count). The first-order chi connectivity index (χ1) is 12.8. The Morgan fingerprint density at radius 1 is 1.19 bits per heavy atom. The molecule has 0 spiro atoms. The fourth-order valence-corrected chi connectivity index (χ4v) is 3.11. The third-order valence-electron chi connectivity index (χ3n) is 4.53. The number of aromatic nitrogens is 2. The summed E-state index contributed by atoms with van der Waals surface area (Å²) in [5, 5.41) is 12.1. The topological polar surface area (TPSA) is 81.9 Å². The van der Waals surface area contributed by atoms with Gasteiger partial charge in [-0.05, 0) is 36.8 Å². The zero-order valence-electron chi connectivity index (χ0n) is 14.5. The highest BCUT2D eigenvalue weighted by atomic mass is 16.2. The first-order valence-corrected chi connectivity index (χ1v) is 8.73. The average Bonchev–Trinajstić information content (AvgIpc) is 2.70. The predicted octanol–water partition coefficient (Wildman–Crippen LogP) is 2.78. The van der Waals surface area contributed by atoms with Gasteiger partial charge in [-0.15, -0.1) is 0 Å². The maximum atomic E-state index is 12.6. The SMILES string of the molecule is N#C/C(=C/Nc1ncccn1)C(=O)N1CCC(Cc2ccccc2)CC1. The molecule has 2 aromatic rings. The maximum Gasteiger partial charge on any atom is 0.266 e. The Hall–Kier alpha value is -3.20. The van der Waals surface area contributed by atoms with Crippen LogP contribution in [0.15, 0.2) is 60.6 Å². The van der Waals surface area contributed by atoms with Crippen molar-refractivity contribution in [1.82, 2.24) is 14.9 Å². The molecule has 6 nitrogen and oxygen atoms in total. The highest BCUT2D eigenvalue weighted by Gasteiger charge is 2.25. The summed E-state index contributed by atoms with van der Waals surface area (Å²) in [5.74, 6) is 0.690. The first-order valence-electron chi connectivity index (χ1n) is 8.73. The second-order valence-electron chi connectivity index (χ2n) is 6.31. The molecule has 1 aromatic carbocycles. The van der Waals surface area contributed by atoms with Gasteiger partial charge in [-0.2, -0.15) is 5.26 Å². The fraction of sp³-hybridized carbons (Fsp3) is 0.300. The molecule has 0 unspecified atom stereocenters. The zero-order chi connectivity index (χ0) is 18.2. The van der Waals surface area contributed by atoms with Gasteiger partial charge in [0.15, 0.2) is 0 Å². The van der Waals surface area contributed by atoms with Crippen molar-refractivity contribution < 1.29 is 4.79 Å². The monoisotopic (exact) mass is 347 g/mol. The predicted molar refractivity (Wildman–Crippen MR) is 98.8 cm³/mol. The molecule has 0 radical (unpaired) electrons. The van der Waals surface area contributed by atoms with Crippen LogP contribution in [0.25, 0.3) is 0 Å². The summed E-state index contributed by atoms with van der Waals surface area (Å²) in [6.45, 7) is 1.36. The smallest absolute Gasteiger partial charge is 0.266 e. The molecule has 1 aromatic heterocycles. The van der Waals surface area contributed by atoms with Crippen LogP contribution in [-0.2, 0) is 11.2 Å². The zero-order valence-corrected chi connectivity index (χ0v) is 14.5. The highest BCUT2D eigenvalue weighted by molar-refractivity contribution is 5.97. The average molecular weight is 347 g/mol. The van der Waals surface area contributed by atoms with E-state index < -0.39 is 0 Å². The number of likely N-dealkylation sites (tertiary alicyclic amines) is 1. The number of piperidine rings is 1. The van der Waals surface area contributed by atoms with E-state index in [-0.39, 0.29) is 11.5 Å². The Morgan fingerprint density at radius 3 is 2.54 bits per heavy atom. The molecule has 2 heterocycles. The van der Waals surface area contributed by atoms with Crippen LogP contribution in [0.1, 0.15) is 18.4 Å². The summed E-state index contributed by atoms with van der Waals surface area (Å²) in [5.41, 5.74) is 1.40. The standard InChI is InChI=1S/C20H21N5O/c21-14-18(15-24-20-22-9-4-10-23-20)19(26)25-11-7-17(8-12-25)13-16-5-2-1-3-6-16/h1-6,9-10,15,17H,7-8,11-13H2,(H,22,23,24)/b18-15-. The molecule has 0 bridgehead atoms. The van der Waals surface area contributed by atoms with Crippen molar-refractivity contribution >= 4 is 11.9 Å². The van der Waals surface area contributed by atoms with E-state index in [1.165, 1.54) is 11.8 Å². The van der Waals surface area contributed by atoms with Crippen LogP contribution in [-0.4, -0.2) is 33.9 Å². The van der Waals surface area contributed by atoms with Gasteiger partial charge in [0.2, 0.25) is 5.95 Å². The minimum atomic E-state index is -0.242. The van der Waals surface area contributed by atoms with E-state index >= 15 is 0 Å². The lowest BCUT2D eigenvalue weighted by atomic mass is 9.90. The van der Waals surface area contributed by atoms with Crippen LogP contribution < -0.4 is 5.32 Å². The van der Waals surface area contributed by atoms with Crippen LogP contribution in [0, 0.1) is 17.2 Å². The number of hydrogen-bond acceptors (Lipinski definition) is 5. The summed E-state index contributed by atoms with van der Waals surface area (Å²) in [6, 6.07) is 14.1. The number of carbonyl (C=O) groups is 1. The van der Waals surface area contributed by atoms with E-state index in [1.807, 2.05) is 12.1 Å². The van der Waals surface area contributed by atoms with Crippen molar-refractivity contribution in [2.45, 2.75) is 19.3 Å². The number of benzene rings is 1. The number of anilines is 1. The Balaban J connectivity index is 1.54. The highest BCUT2D eigenvalue weighted by Crippen LogP contribution is 2.22. The lowest BCUT2D eigenvalue weighted by Gasteiger charge is -2.32. The largest absolute Gasteiger partial charge is 0.338 e. The second kappa shape index (κ2) is 8.77. The summed E-state index contributed by atoms with van der Waals surface area (Å²) in [6.07, 6.45) is 7.51. The van der Waals surface area contributed by atoms with Crippen molar-refractivity contribution in [1.29, 1.82) is 5.26 Å². The van der Waals surface area contributed by atoms with Gasteiger partial charge < -0.3 is 10.2 Å². The van der Waals surface area contributed by atoms with E-state index in [0.29, 0.717) is 25.0 Å². The van der Waals surface area contributed by atoms with Crippen LogP contribution >= 0.6 is 0 Å². The lowest BCUT2D eigenvalue weighted by Crippen LogP contribution is -2.39. The van der Waals surface area contributed by atoms with Gasteiger partial charge in [0, 0.05) is 31.7 Å². The summed E-state index contributed by atoms with van der Waals surface area (Å²) in [4.78, 5) is 22.3. The van der Waals surface area contributed by atoms with E-state index in [9.17, 15) is 10.1 Å². The maximum absolute atomic E-state index is 12.6. The Bertz CT molecular complexity index is 790. The molecule has 26 heavy (non-hydrogen) atoms. The number of carbonyl (C=O) groups excluding carboxylic acids is 1. The number of amides is 1. The van der Waals surface area contributed by atoms with Crippen LogP contribution in [0.2, 0.25) is 0 Å². The second-order valence-corrected chi connectivity index (χ2v) is 6.31. The minimum absolute atomic E-state index is 0.0685. The summed E-state index contributed by atoms with van der Waals surface area (Å²) in [7, 11) is 0. The Morgan fingerprint density at radius 2 is 1.88 bits per heavy atom.